The molecule has 1 aliphatic heterocycles. The molecule has 1 aliphatic rings. The van der Waals surface area contributed by atoms with Crippen molar-refractivity contribution in [2.45, 2.75) is 40.5 Å². The molecule has 4 heteroatoms. The highest BCUT2D eigenvalue weighted by molar-refractivity contribution is 6.39. The Bertz CT molecular complexity index is 543. The Morgan fingerprint density at radius 3 is 2.38 bits per heavy atom. The van der Waals surface area contributed by atoms with Crippen molar-refractivity contribution >= 4 is 17.5 Å². The van der Waals surface area contributed by atoms with Gasteiger partial charge in [0.25, 0.3) is 0 Å². The number of aryl methyl sites for hydroxylation is 3. The topological polar surface area (TPSA) is 49.4 Å². The van der Waals surface area contributed by atoms with Gasteiger partial charge in [-0.2, -0.15) is 0 Å². The summed E-state index contributed by atoms with van der Waals surface area (Å²) in [5, 5.41) is 2.79. The lowest BCUT2D eigenvalue weighted by Gasteiger charge is -2.30. The van der Waals surface area contributed by atoms with Crippen molar-refractivity contribution in [2.24, 2.45) is 5.92 Å². The van der Waals surface area contributed by atoms with Gasteiger partial charge in [0.2, 0.25) is 0 Å². The summed E-state index contributed by atoms with van der Waals surface area (Å²) in [4.78, 5) is 26.1. The highest BCUT2D eigenvalue weighted by Gasteiger charge is 2.26. The van der Waals surface area contributed by atoms with Crippen LogP contribution in [0.4, 0.5) is 5.69 Å². The fourth-order valence-electron chi connectivity index (χ4n) is 3.06. The second-order valence-electron chi connectivity index (χ2n) is 6.23. The third-order valence-corrected chi connectivity index (χ3v) is 4.05. The minimum atomic E-state index is -0.529. The van der Waals surface area contributed by atoms with E-state index < -0.39 is 11.8 Å². The zero-order chi connectivity index (χ0) is 15.6. The van der Waals surface area contributed by atoms with E-state index in [0.29, 0.717) is 19.0 Å². The molecule has 0 saturated carbocycles. The first-order valence-electron chi connectivity index (χ1n) is 7.56. The molecule has 1 unspecified atom stereocenters. The number of anilines is 1. The number of rotatable bonds is 1. The van der Waals surface area contributed by atoms with E-state index in [4.69, 9.17) is 0 Å². The fraction of sp³-hybridized carbons (Fsp3) is 0.529. The van der Waals surface area contributed by atoms with Gasteiger partial charge in [-0.25, -0.2) is 0 Å². The Morgan fingerprint density at radius 1 is 1.19 bits per heavy atom. The monoisotopic (exact) mass is 288 g/mol. The molecule has 1 atom stereocenters. The zero-order valence-corrected chi connectivity index (χ0v) is 13.3. The van der Waals surface area contributed by atoms with Crippen LogP contribution in [-0.2, 0) is 9.59 Å². The van der Waals surface area contributed by atoms with Crippen LogP contribution in [-0.4, -0.2) is 29.8 Å². The molecule has 2 rings (SSSR count). The maximum atomic E-state index is 12.3. The van der Waals surface area contributed by atoms with Crippen molar-refractivity contribution in [1.29, 1.82) is 0 Å². The van der Waals surface area contributed by atoms with Crippen molar-refractivity contribution < 1.29 is 9.59 Å². The molecule has 1 N–H and O–H groups in total. The maximum absolute atomic E-state index is 12.3. The van der Waals surface area contributed by atoms with Gasteiger partial charge >= 0.3 is 11.8 Å². The van der Waals surface area contributed by atoms with Crippen LogP contribution in [0.1, 0.15) is 36.5 Å². The van der Waals surface area contributed by atoms with Crippen molar-refractivity contribution in [3.63, 3.8) is 0 Å². The van der Waals surface area contributed by atoms with Crippen LogP contribution in [0.2, 0.25) is 0 Å². The Kier molecular flexibility index (Phi) is 4.66. The van der Waals surface area contributed by atoms with Crippen LogP contribution in [0.3, 0.4) is 0 Å². The average Bonchev–Trinajstić information content (AvgIpc) is 2.41. The smallest absolute Gasteiger partial charge is 0.313 e. The second-order valence-corrected chi connectivity index (χ2v) is 6.23. The van der Waals surface area contributed by atoms with Crippen molar-refractivity contribution in [2.75, 3.05) is 18.4 Å². The molecular formula is C17H24N2O2. The molecule has 1 aromatic carbocycles. The molecule has 0 bridgehead atoms. The number of piperidine rings is 1. The van der Waals surface area contributed by atoms with Crippen molar-refractivity contribution in [1.82, 2.24) is 4.90 Å². The summed E-state index contributed by atoms with van der Waals surface area (Å²) in [6, 6.07) is 4.02. The molecule has 1 aromatic rings. The van der Waals surface area contributed by atoms with E-state index in [1.54, 1.807) is 4.90 Å². The quantitative estimate of drug-likeness (QED) is 0.808. The van der Waals surface area contributed by atoms with Crippen LogP contribution in [0.5, 0.6) is 0 Å². The van der Waals surface area contributed by atoms with Gasteiger partial charge in [0.1, 0.15) is 0 Å². The third-order valence-electron chi connectivity index (χ3n) is 4.05. The maximum Gasteiger partial charge on any atom is 0.313 e. The van der Waals surface area contributed by atoms with Crippen LogP contribution < -0.4 is 5.32 Å². The van der Waals surface area contributed by atoms with E-state index in [1.165, 1.54) is 0 Å². The number of nitrogens with zero attached hydrogens (tertiary/aromatic N) is 1. The number of likely N-dealkylation sites (tertiary alicyclic amines) is 1. The van der Waals surface area contributed by atoms with Crippen molar-refractivity contribution in [3.05, 3.63) is 28.8 Å². The van der Waals surface area contributed by atoms with Gasteiger partial charge in [-0.15, -0.1) is 0 Å². The summed E-state index contributed by atoms with van der Waals surface area (Å²) >= 11 is 0. The SMILES string of the molecule is Cc1cc(C)c(NC(=O)C(=O)N2CCCC(C)C2)c(C)c1. The number of amides is 2. The first kappa shape index (κ1) is 15.5. The molecule has 1 fully saturated rings. The first-order valence-corrected chi connectivity index (χ1v) is 7.56. The van der Waals surface area contributed by atoms with E-state index in [1.807, 2.05) is 32.9 Å². The van der Waals surface area contributed by atoms with Gasteiger partial charge in [-0.3, -0.25) is 9.59 Å². The van der Waals surface area contributed by atoms with Gasteiger partial charge in [0.05, 0.1) is 0 Å². The van der Waals surface area contributed by atoms with Gasteiger partial charge in [-0.1, -0.05) is 24.6 Å². The number of hydrogen-bond donors (Lipinski definition) is 1. The number of carbonyl (C=O) groups is 2. The molecule has 0 aliphatic carbocycles. The van der Waals surface area contributed by atoms with Gasteiger partial charge in [0.15, 0.2) is 0 Å². The minimum absolute atomic E-state index is 0.416. The zero-order valence-electron chi connectivity index (χ0n) is 13.3. The largest absolute Gasteiger partial charge is 0.334 e. The van der Waals surface area contributed by atoms with E-state index in [-0.39, 0.29) is 0 Å². The van der Waals surface area contributed by atoms with E-state index in [2.05, 4.69) is 12.2 Å². The summed E-state index contributed by atoms with van der Waals surface area (Å²) in [6.07, 6.45) is 2.10. The lowest BCUT2D eigenvalue weighted by molar-refractivity contribution is -0.144. The van der Waals surface area contributed by atoms with Gasteiger partial charge < -0.3 is 10.2 Å². The summed E-state index contributed by atoms with van der Waals surface area (Å²) in [7, 11) is 0. The number of carbonyl (C=O) groups excluding carboxylic acids is 2. The molecular weight excluding hydrogens is 264 g/mol. The lowest BCUT2D eigenvalue weighted by Crippen LogP contribution is -2.44. The summed E-state index contributed by atoms with van der Waals surface area (Å²) < 4.78 is 0. The van der Waals surface area contributed by atoms with Crippen molar-refractivity contribution in [3.8, 4) is 0 Å². The summed E-state index contributed by atoms with van der Waals surface area (Å²) in [6.45, 7) is 9.39. The highest BCUT2D eigenvalue weighted by atomic mass is 16.2. The fourth-order valence-corrected chi connectivity index (χ4v) is 3.06. The normalized spacial score (nSPS) is 18.5. The predicted molar refractivity (Wildman–Crippen MR) is 84.3 cm³/mol. The molecule has 1 saturated heterocycles. The molecule has 0 spiro atoms. The number of hydrogen-bond acceptors (Lipinski definition) is 2. The van der Waals surface area contributed by atoms with Gasteiger partial charge in [-0.05, 0) is 50.7 Å². The first-order chi connectivity index (χ1) is 9.88. The molecule has 1 heterocycles. The van der Waals surface area contributed by atoms with Crippen LogP contribution >= 0.6 is 0 Å². The van der Waals surface area contributed by atoms with E-state index in [0.717, 1.165) is 35.2 Å². The Labute approximate surface area is 126 Å². The second kappa shape index (κ2) is 6.29. The van der Waals surface area contributed by atoms with Crippen LogP contribution in [0.15, 0.2) is 12.1 Å². The average molecular weight is 288 g/mol. The molecule has 114 valence electrons. The predicted octanol–water partition coefficient (Wildman–Crippen LogP) is 2.81. The Balaban J connectivity index is 2.09. The molecule has 21 heavy (non-hydrogen) atoms. The van der Waals surface area contributed by atoms with E-state index in [9.17, 15) is 9.59 Å². The third kappa shape index (κ3) is 3.63. The molecule has 0 radical (unpaired) electrons. The summed E-state index contributed by atoms with van der Waals surface area (Å²) in [5.74, 6) is -0.474. The number of benzene rings is 1. The van der Waals surface area contributed by atoms with E-state index >= 15 is 0 Å². The Hall–Kier alpha value is -1.84. The molecule has 2 amide bonds. The minimum Gasteiger partial charge on any atom is -0.334 e. The summed E-state index contributed by atoms with van der Waals surface area (Å²) in [5.41, 5.74) is 3.88. The van der Waals surface area contributed by atoms with Gasteiger partial charge in [0, 0.05) is 18.8 Å². The Morgan fingerprint density at radius 2 is 1.81 bits per heavy atom. The standard InChI is InChI=1S/C17H24N2O2/c1-11-6-5-7-19(10-11)17(21)16(20)18-15-13(3)8-12(2)9-14(15)4/h8-9,11H,5-7,10H2,1-4H3,(H,18,20). The molecule has 4 nitrogen and oxygen atoms in total. The lowest BCUT2D eigenvalue weighted by atomic mass is 10.0. The van der Waals surface area contributed by atoms with Crippen LogP contribution in [0, 0.1) is 26.7 Å². The highest BCUT2D eigenvalue weighted by Crippen LogP contribution is 2.22. The molecule has 0 aromatic heterocycles. The number of nitrogens with one attached hydrogen (secondary N) is 1. The van der Waals surface area contributed by atoms with Crippen LogP contribution in [0.25, 0.3) is 0 Å².